The normalized spacial score (nSPS) is 16.9. The molecule has 20 heavy (non-hydrogen) atoms. The number of nitrogen functional groups attached to an aromatic ring is 1. The first-order valence-corrected chi connectivity index (χ1v) is 7.36. The first-order valence-electron chi connectivity index (χ1n) is 6.98. The summed E-state index contributed by atoms with van der Waals surface area (Å²) in [7, 11) is 0. The molecule has 0 saturated carbocycles. The maximum absolute atomic E-state index is 13.4. The van der Waals surface area contributed by atoms with E-state index < -0.39 is 5.82 Å². The van der Waals surface area contributed by atoms with Crippen molar-refractivity contribution in [2.75, 3.05) is 25.4 Å². The number of rotatable bonds is 3. The van der Waals surface area contributed by atoms with E-state index in [1.807, 2.05) is 4.57 Å². The van der Waals surface area contributed by atoms with E-state index in [4.69, 9.17) is 17.3 Å². The van der Waals surface area contributed by atoms with Gasteiger partial charge in [0.1, 0.15) is 5.82 Å². The second-order valence-electron chi connectivity index (χ2n) is 5.28. The van der Waals surface area contributed by atoms with Crippen LogP contribution in [0.15, 0.2) is 12.1 Å². The predicted molar refractivity (Wildman–Crippen MR) is 79.4 cm³/mol. The van der Waals surface area contributed by atoms with Crippen LogP contribution in [0.1, 0.15) is 19.3 Å². The summed E-state index contributed by atoms with van der Waals surface area (Å²) in [6, 6.07) is 2.94. The second-order valence-corrected chi connectivity index (χ2v) is 5.69. The molecule has 2 heterocycles. The highest BCUT2D eigenvalue weighted by Gasteiger charge is 2.14. The zero-order valence-corrected chi connectivity index (χ0v) is 12.0. The molecule has 0 amide bonds. The third-order valence-corrected chi connectivity index (χ3v) is 4.20. The van der Waals surface area contributed by atoms with Crippen molar-refractivity contribution >= 4 is 28.6 Å². The maximum Gasteiger partial charge on any atom is 0.201 e. The number of imidazole rings is 1. The molecule has 1 aliphatic heterocycles. The number of halogens is 2. The van der Waals surface area contributed by atoms with Gasteiger partial charge in [-0.05, 0) is 32.0 Å². The van der Waals surface area contributed by atoms with Crippen molar-refractivity contribution in [2.45, 2.75) is 25.8 Å². The fourth-order valence-corrected chi connectivity index (χ4v) is 2.96. The van der Waals surface area contributed by atoms with E-state index in [9.17, 15) is 4.39 Å². The van der Waals surface area contributed by atoms with E-state index in [0.717, 1.165) is 31.7 Å². The summed E-state index contributed by atoms with van der Waals surface area (Å²) in [5.41, 5.74) is 7.29. The van der Waals surface area contributed by atoms with Gasteiger partial charge >= 0.3 is 0 Å². The summed E-state index contributed by atoms with van der Waals surface area (Å²) in [4.78, 5) is 6.63. The van der Waals surface area contributed by atoms with E-state index in [-0.39, 0.29) is 5.02 Å². The number of hydrogen-bond donors (Lipinski definition) is 1. The molecule has 2 N–H and O–H groups in total. The summed E-state index contributed by atoms with van der Waals surface area (Å²) >= 11 is 5.85. The van der Waals surface area contributed by atoms with Crippen LogP contribution in [0, 0.1) is 5.82 Å². The topological polar surface area (TPSA) is 47.1 Å². The molecular formula is C14H18ClFN4. The molecule has 1 saturated heterocycles. The molecule has 0 spiro atoms. The summed E-state index contributed by atoms with van der Waals surface area (Å²) in [6.45, 7) is 3.97. The van der Waals surface area contributed by atoms with Crippen molar-refractivity contribution in [1.82, 2.24) is 14.5 Å². The SMILES string of the molecule is Nc1nc2cc(F)c(Cl)cc2n1CCN1CCCCC1. The minimum Gasteiger partial charge on any atom is -0.369 e. The molecule has 0 bridgehead atoms. The Kier molecular flexibility index (Phi) is 3.81. The van der Waals surface area contributed by atoms with E-state index in [2.05, 4.69) is 9.88 Å². The molecule has 0 aliphatic carbocycles. The lowest BCUT2D eigenvalue weighted by Crippen LogP contribution is -2.32. The first-order chi connectivity index (χ1) is 9.65. The smallest absolute Gasteiger partial charge is 0.201 e. The van der Waals surface area contributed by atoms with Gasteiger partial charge < -0.3 is 15.2 Å². The highest BCUT2D eigenvalue weighted by Crippen LogP contribution is 2.24. The van der Waals surface area contributed by atoms with E-state index in [0.29, 0.717) is 11.5 Å². The summed E-state index contributed by atoms with van der Waals surface area (Å²) < 4.78 is 15.3. The Morgan fingerprint density at radius 1 is 1.20 bits per heavy atom. The van der Waals surface area contributed by atoms with Gasteiger partial charge in [-0.3, -0.25) is 0 Å². The number of aromatic nitrogens is 2. The van der Waals surface area contributed by atoms with Crippen molar-refractivity contribution in [3.8, 4) is 0 Å². The van der Waals surface area contributed by atoms with Gasteiger partial charge in [-0.25, -0.2) is 9.37 Å². The van der Waals surface area contributed by atoms with Crippen LogP contribution in [0.2, 0.25) is 5.02 Å². The van der Waals surface area contributed by atoms with E-state index >= 15 is 0 Å². The van der Waals surface area contributed by atoms with Crippen LogP contribution < -0.4 is 5.73 Å². The van der Waals surface area contributed by atoms with E-state index in [1.54, 1.807) is 6.07 Å². The zero-order valence-electron chi connectivity index (χ0n) is 11.3. The molecule has 1 aromatic carbocycles. The third kappa shape index (κ3) is 2.60. The average molecular weight is 297 g/mol. The number of hydrogen-bond acceptors (Lipinski definition) is 3. The number of fused-ring (bicyclic) bond motifs is 1. The highest BCUT2D eigenvalue weighted by molar-refractivity contribution is 6.31. The quantitative estimate of drug-likeness (QED) is 0.947. The van der Waals surface area contributed by atoms with Crippen molar-refractivity contribution in [3.63, 3.8) is 0 Å². The first kappa shape index (κ1) is 13.6. The number of nitrogens with zero attached hydrogens (tertiary/aromatic N) is 3. The highest BCUT2D eigenvalue weighted by atomic mass is 35.5. The fourth-order valence-electron chi connectivity index (χ4n) is 2.80. The Hall–Kier alpha value is -1.33. The number of likely N-dealkylation sites (tertiary alicyclic amines) is 1. The summed E-state index contributed by atoms with van der Waals surface area (Å²) in [5, 5.41) is 0.108. The van der Waals surface area contributed by atoms with E-state index in [1.165, 1.54) is 25.3 Å². The lowest BCUT2D eigenvalue weighted by Gasteiger charge is -2.26. The molecule has 4 nitrogen and oxygen atoms in total. The molecule has 1 fully saturated rings. The van der Waals surface area contributed by atoms with Gasteiger partial charge in [-0.1, -0.05) is 18.0 Å². The third-order valence-electron chi connectivity index (χ3n) is 3.91. The largest absolute Gasteiger partial charge is 0.369 e. The zero-order chi connectivity index (χ0) is 14.1. The summed E-state index contributed by atoms with van der Waals surface area (Å²) in [6.07, 6.45) is 3.84. The number of benzene rings is 1. The van der Waals surface area contributed by atoms with Gasteiger partial charge in [0.25, 0.3) is 0 Å². The Morgan fingerprint density at radius 3 is 2.70 bits per heavy atom. The number of piperidine rings is 1. The average Bonchev–Trinajstić information content (AvgIpc) is 2.73. The van der Waals surface area contributed by atoms with Gasteiger partial charge in [0.2, 0.25) is 5.95 Å². The van der Waals surface area contributed by atoms with Crippen molar-refractivity contribution in [1.29, 1.82) is 0 Å². The number of anilines is 1. The van der Waals surface area contributed by atoms with Gasteiger partial charge in [-0.15, -0.1) is 0 Å². The van der Waals surface area contributed by atoms with Crippen LogP contribution >= 0.6 is 11.6 Å². The molecule has 0 radical (unpaired) electrons. The lowest BCUT2D eigenvalue weighted by molar-refractivity contribution is 0.222. The molecule has 1 aliphatic rings. The van der Waals surface area contributed by atoms with Crippen LogP contribution in [0.3, 0.4) is 0 Å². The fraction of sp³-hybridized carbons (Fsp3) is 0.500. The minimum absolute atomic E-state index is 0.108. The van der Waals surface area contributed by atoms with Gasteiger partial charge in [0.05, 0.1) is 16.1 Å². The summed E-state index contributed by atoms with van der Waals surface area (Å²) in [5.74, 6) is -0.0430. The second kappa shape index (κ2) is 5.58. The molecule has 0 unspecified atom stereocenters. The molecule has 1 aromatic heterocycles. The predicted octanol–water partition coefficient (Wildman–Crippen LogP) is 2.90. The molecule has 2 aromatic rings. The van der Waals surface area contributed by atoms with Crippen LogP contribution in [0.4, 0.5) is 10.3 Å². The van der Waals surface area contributed by atoms with Crippen molar-refractivity contribution < 1.29 is 4.39 Å². The van der Waals surface area contributed by atoms with Crippen molar-refractivity contribution in [3.05, 3.63) is 23.0 Å². The Morgan fingerprint density at radius 2 is 1.95 bits per heavy atom. The molecule has 0 atom stereocenters. The van der Waals surface area contributed by atoms with Gasteiger partial charge in [0.15, 0.2) is 0 Å². The monoisotopic (exact) mass is 296 g/mol. The van der Waals surface area contributed by atoms with Crippen LogP contribution in [-0.4, -0.2) is 34.1 Å². The van der Waals surface area contributed by atoms with Crippen LogP contribution in [-0.2, 0) is 6.54 Å². The Balaban J connectivity index is 1.83. The van der Waals surface area contributed by atoms with Gasteiger partial charge in [0, 0.05) is 19.2 Å². The lowest BCUT2D eigenvalue weighted by atomic mass is 10.1. The Bertz CT molecular complexity index is 619. The van der Waals surface area contributed by atoms with Crippen molar-refractivity contribution in [2.24, 2.45) is 0 Å². The maximum atomic E-state index is 13.4. The van der Waals surface area contributed by atoms with Gasteiger partial charge in [-0.2, -0.15) is 0 Å². The van der Waals surface area contributed by atoms with Crippen LogP contribution in [0.5, 0.6) is 0 Å². The molecule has 3 rings (SSSR count). The molecular weight excluding hydrogens is 279 g/mol. The minimum atomic E-state index is -0.458. The standard InChI is InChI=1S/C14H18ClFN4/c15-10-8-13-12(9-11(10)16)18-14(17)20(13)7-6-19-4-2-1-3-5-19/h8-9H,1-7H2,(H2,17,18). The number of nitrogens with two attached hydrogens (primary N) is 1. The Labute approximate surface area is 122 Å². The molecule has 108 valence electrons. The van der Waals surface area contributed by atoms with Crippen LogP contribution in [0.25, 0.3) is 11.0 Å². The molecule has 6 heteroatoms.